The van der Waals surface area contributed by atoms with Crippen molar-refractivity contribution in [2.24, 2.45) is 0 Å². The van der Waals surface area contributed by atoms with E-state index in [1.165, 1.54) is 18.2 Å². The Morgan fingerprint density at radius 3 is 1.36 bits per heavy atom. The summed E-state index contributed by atoms with van der Waals surface area (Å²) in [6, 6.07) is 10.5. The van der Waals surface area contributed by atoms with Crippen LogP contribution >= 0.6 is 0 Å². The standard InChI is InChI=1S/C22H14N4O10/c27-19(23-17-9-13(25(33)34)4-6-15(17)21(29)30)11-2-1-3-12(8-11)20(28)24-18-10-14(26(35)36)5-7-16(18)22(31)32/h1-10H,(H,23,27)(H,24,28)(H,29,30)(H,31,32). The Balaban J connectivity index is 1.89. The number of carboxylic acids is 2. The Labute approximate surface area is 200 Å². The predicted octanol–water partition coefficient (Wildman–Crippen LogP) is 3.40. The fourth-order valence-electron chi connectivity index (χ4n) is 3.06. The van der Waals surface area contributed by atoms with Crippen LogP contribution in [0.2, 0.25) is 0 Å². The van der Waals surface area contributed by atoms with Crippen molar-refractivity contribution in [3.8, 4) is 0 Å². The number of nitro groups is 2. The Hall–Kier alpha value is -5.66. The van der Waals surface area contributed by atoms with E-state index in [1.54, 1.807) is 0 Å². The van der Waals surface area contributed by atoms with Gasteiger partial charge >= 0.3 is 11.9 Å². The molecule has 2 amide bonds. The Bertz CT molecular complexity index is 1350. The number of amides is 2. The zero-order chi connectivity index (χ0) is 26.6. The van der Waals surface area contributed by atoms with Gasteiger partial charge in [-0.25, -0.2) is 9.59 Å². The molecule has 4 N–H and O–H groups in total. The summed E-state index contributed by atoms with van der Waals surface area (Å²) in [5, 5.41) is 45.1. The largest absolute Gasteiger partial charge is 0.478 e. The van der Waals surface area contributed by atoms with Gasteiger partial charge in [-0.1, -0.05) is 6.07 Å². The van der Waals surface area contributed by atoms with Crippen molar-refractivity contribution in [1.29, 1.82) is 0 Å². The zero-order valence-corrected chi connectivity index (χ0v) is 17.8. The Kier molecular flexibility index (Phi) is 7.00. The van der Waals surface area contributed by atoms with Gasteiger partial charge in [-0.05, 0) is 30.3 Å². The number of aromatic carboxylic acids is 2. The van der Waals surface area contributed by atoms with Gasteiger partial charge in [-0.15, -0.1) is 0 Å². The van der Waals surface area contributed by atoms with Gasteiger partial charge in [0.05, 0.1) is 32.3 Å². The van der Waals surface area contributed by atoms with E-state index >= 15 is 0 Å². The van der Waals surface area contributed by atoms with Gasteiger partial charge in [0.1, 0.15) is 0 Å². The lowest BCUT2D eigenvalue weighted by molar-refractivity contribution is -0.385. The molecule has 3 aromatic carbocycles. The van der Waals surface area contributed by atoms with Crippen LogP contribution in [0.4, 0.5) is 22.7 Å². The van der Waals surface area contributed by atoms with Crippen molar-refractivity contribution < 1.29 is 39.2 Å². The number of nitro benzene ring substituents is 2. The van der Waals surface area contributed by atoms with Gasteiger partial charge in [-0.3, -0.25) is 29.8 Å². The monoisotopic (exact) mass is 494 g/mol. The number of carbonyl (C=O) groups is 4. The topological polar surface area (TPSA) is 219 Å². The van der Waals surface area contributed by atoms with Crippen molar-refractivity contribution in [3.05, 3.63) is 103 Å². The third kappa shape index (κ3) is 5.45. The molecule has 3 aromatic rings. The van der Waals surface area contributed by atoms with Crippen LogP contribution in [0.5, 0.6) is 0 Å². The summed E-state index contributed by atoms with van der Waals surface area (Å²) in [7, 11) is 0. The van der Waals surface area contributed by atoms with Crippen molar-refractivity contribution in [2.75, 3.05) is 10.6 Å². The second-order valence-electron chi connectivity index (χ2n) is 7.07. The van der Waals surface area contributed by atoms with Gasteiger partial charge in [0.25, 0.3) is 23.2 Å². The van der Waals surface area contributed by atoms with Crippen LogP contribution in [0.15, 0.2) is 60.7 Å². The second kappa shape index (κ2) is 10.1. The molecule has 0 spiro atoms. The number of benzene rings is 3. The van der Waals surface area contributed by atoms with Gasteiger partial charge in [-0.2, -0.15) is 0 Å². The quantitative estimate of drug-likeness (QED) is 0.264. The fraction of sp³-hybridized carbons (Fsp3) is 0. The van der Waals surface area contributed by atoms with E-state index in [0.717, 1.165) is 42.5 Å². The lowest BCUT2D eigenvalue weighted by Crippen LogP contribution is -2.18. The first-order valence-corrected chi connectivity index (χ1v) is 9.74. The molecule has 0 heterocycles. The van der Waals surface area contributed by atoms with Crippen molar-refractivity contribution in [3.63, 3.8) is 0 Å². The van der Waals surface area contributed by atoms with Gasteiger partial charge < -0.3 is 20.8 Å². The number of non-ortho nitro benzene ring substituents is 2. The number of anilines is 2. The SMILES string of the molecule is O=C(Nc1cc([N+](=O)[O-])ccc1C(=O)O)c1cccc(C(=O)Nc2cc([N+](=O)[O-])ccc2C(=O)O)c1. The number of nitrogens with one attached hydrogen (secondary N) is 2. The van der Waals surface area contributed by atoms with Crippen LogP contribution in [0.25, 0.3) is 0 Å². The number of rotatable bonds is 8. The summed E-state index contributed by atoms with van der Waals surface area (Å²) in [5.41, 5.74) is -2.71. The molecular weight excluding hydrogens is 480 g/mol. The molecule has 0 aliphatic rings. The minimum atomic E-state index is -1.44. The maximum Gasteiger partial charge on any atom is 0.337 e. The Morgan fingerprint density at radius 1 is 0.639 bits per heavy atom. The number of nitrogens with zero attached hydrogens (tertiary/aromatic N) is 2. The highest BCUT2D eigenvalue weighted by atomic mass is 16.6. The molecule has 0 aliphatic heterocycles. The van der Waals surface area contributed by atoms with Gasteiger partial charge in [0.2, 0.25) is 0 Å². The van der Waals surface area contributed by atoms with Gasteiger partial charge in [0, 0.05) is 35.4 Å². The lowest BCUT2D eigenvalue weighted by Gasteiger charge is -2.11. The van der Waals surface area contributed by atoms with E-state index in [2.05, 4.69) is 10.6 Å². The minimum absolute atomic E-state index is 0.136. The first-order valence-electron chi connectivity index (χ1n) is 9.74. The third-order valence-electron chi connectivity index (χ3n) is 4.77. The molecule has 0 fully saturated rings. The first kappa shape index (κ1) is 25.0. The van der Waals surface area contributed by atoms with Crippen molar-refractivity contribution >= 4 is 46.5 Å². The molecule has 3 rings (SSSR count). The van der Waals surface area contributed by atoms with Crippen LogP contribution in [0.1, 0.15) is 41.4 Å². The van der Waals surface area contributed by atoms with Crippen molar-refractivity contribution in [2.45, 2.75) is 0 Å². The molecule has 0 aliphatic carbocycles. The van der Waals surface area contributed by atoms with Crippen LogP contribution in [-0.2, 0) is 0 Å². The molecule has 0 aromatic heterocycles. The van der Waals surface area contributed by atoms with Gasteiger partial charge in [0.15, 0.2) is 0 Å². The summed E-state index contributed by atoms with van der Waals surface area (Å²) in [6.07, 6.45) is 0. The van der Waals surface area contributed by atoms with E-state index in [-0.39, 0.29) is 22.5 Å². The maximum atomic E-state index is 12.7. The smallest absolute Gasteiger partial charge is 0.337 e. The number of hydrogen-bond acceptors (Lipinski definition) is 8. The lowest BCUT2D eigenvalue weighted by atomic mass is 10.1. The number of carbonyl (C=O) groups excluding carboxylic acids is 2. The predicted molar refractivity (Wildman–Crippen MR) is 122 cm³/mol. The number of hydrogen-bond donors (Lipinski definition) is 4. The van der Waals surface area contributed by atoms with E-state index in [1.807, 2.05) is 0 Å². The zero-order valence-electron chi connectivity index (χ0n) is 17.8. The van der Waals surface area contributed by atoms with Crippen LogP contribution in [0.3, 0.4) is 0 Å². The number of carboxylic acid groups (broad SMARTS) is 2. The third-order valence-corrected chi connectivity index (χ3v) is 4.77. The molecule has 0 unspecified atom stereocenters. The molecule has 0 saturated carbocycles. The molecule has 36 heavy (non-hydrogen) atoms. The molecule has 0 atom stereocenters. The summed E-state index contributed by atoms with van der Waals surface area (Å²) in [4.78, 5) is 68.7. The highest BCUT2D eigenvalue weighted by Crippen LogP contribution is 2.25. The Morgan fingerprint density at radius 2 is 1.03 bits per heavy atom. The average Bonchev–Trinajstić information content (AvgIpc) is 2.83. The molecular formula is C22H14N4O10. The normalized spacial score (nSPS) is 10.2. The molecule has 0 radical (unpaired) electrons. The van der Waals surface area contributed by atoms with E-state index < -0.39 is 56.1 Å². The average molecular weight is 494 g/mol. The molecule has 14 heteroatoms. The second-order valence-corrected chi connectivity index (χ2v) is 7.07. The molecule has 0 saturated heterocycles. The fourth-order valence-corrected chi connectivity index (χ4v) is 3.06. The minimum Gasteiger partial charge on any atom is -0.478 e. The molecule has 182 valence electrons. The first-order chi connectivity index (χ1) is 17.0. The summed E-state index contributed by atoms with van der Waals surface area (Å²) < 4.78 is 0. The van der Waals surface area contributed by atoms with E-state index in [9.17, 15) is 49.6 Å². The summed E-state index contributed by atoms with van der Waals surface area (Å²) >= 11 is 0. The molecule has 14 nitrogen and oxygen atoms in total. The maximum absolute atomic E-state index is 12.7. The molecule has 0 bridgehead atoms. The van der Waals surface area contributed by atoms with Crippen molar-refractivity contribution in [1.82, 2.24) is 0 Å². The van der Waals surface area contributed by atoms with E-state index in [0.29, 0.717) is 0 Å². The van der Waals surface area contributed by atoms with Crippen LogP contribution < -0.4 is 10.6 Å². The highest BCUT2D eigenvalue weighted by molar-refractivity contribution is 6.11. The van der Waals surface area contributed by atoms with Crippen LogP contribution in [-0.4, -0.2) is 43.8 Å². The summed E-state index contributed by atoms with van der Waals surface area (Å²) in [5.74, 6) is -4.68. The summed E-state index contributed by atoms with van der Waals surface area (Å²) in [6.45, 7) is 0. The highest BCUT2D eigenvalue weighted by Gasteiger charge is 2.20. The van der Waals surface area contributed by atoms with Crippen LogP contribution in [0, 0.1) is 20.2 Å². The van der Waals surface area contributed by atoms with E-state index in [4.69, 9.17) is 0 Å².